The Morgan fingerprint density at radius 3 is 1.21 bits per heavy atom. The first kappa shape index (κ1) is 29.8. The maximum atomic E-state index is 12.8. The molecule has 2 unspecified atom stereocenters. The fourth-order valence-corrected chi connectivity index (χ4v) is 3.20. The SMILES string of the molecule is CCOC(=O)[C@@H]1OC(C)(C(F)(F)F)[C@H](C)C1=O.CCOC(=O)[C@H]1OC(C)(C(F)(F)F)[C@@H](C)C1=O. The normalized spacial score (nSPS) is 33.9. The third-order valence-electron chi connectivity index (χ3n) is 5.88. The maximum Gasteiger partial charge on any atom is 0.417 e. The second-order valence-electron chi connectivity index (χ2n) is 7.96. The zero-order valence-electron chi connectivity index (χ0n) is 19.3. The van der Waals surface area contributed by atoms with E-state index in [1.165, 1.54) is 13.8 Å². The van der Waals surface area contributed by atoms with Gasteiger partial charge in [-0.05, 0) is 27.7 Å². The van der Waals surface area contributed by atoms with E-state index in [1.807, 2.05) is 0 Å². The van der Waals surface area contributed by atoms with Crippen LogP contribution in [0.15, 0.2) is 0 Å². The highest BCUT2D eigenvalue weighted by Gasteiger charge is 2.66. The van der Waals surface area contributed by atoms with E-state index in [4.69, 9.17) is 0 Å². The highest BCUT2D eigenvalue weighted by molar-refractivity contribution is 6.05. The van der Waals surface area contributed by atoms with Gasteiger partial charge in [0.2, 0.25) is 12.2 Å². The van der Waals surface area contributed by atoms with E-state index in [-0.39, 0.29) is 13.2 Å². The first-order valence-electron chi connectivity index (χ1n) is 10.2. The molecule has 0 spiro atoms. The molecule has 2 fully saturated rings. The number of ketones is 2. The van der Waals surface area contributed by atoms with E-state index in [0.717, 1.165) is 27.7 Å². The molecule has 2 aliphatic heterocycles. The summed E-state index contributed by atoms with van der Waals surface area (Å²) in [5.74, 6) is -6.81. The van der Waals surface area contributed by atoms with Crippen LogP contribution in [0.25, 0.3) is 0 Å². The van der Waals surface area contributed by atoms with E-state index >= 15 is 0 Å². The van der Waals surface area contributed by atoms with Crippen molar-refractivity contribution in [3.8, 4) is 0 Å². The molecule has 2 aliphatic rings. The Kier molecular flexibility index (Phi) is 8.93. The molecule has 0 aromatic heterocycles. The van der Waals surface area contributed by atoms with Crippen molar-refractivity contribution in [2.45, 2.75) is 77.3 Å². The first-order chi connectivity index (χ1) is 15.3. The molecule has 14 heteroatoms. The fourth-order valence-electron chi connectivity index (χ4n) is 3.20. The summed E-state index contributed by atoms with van der Waals surface area (Å²) in [7, 11) is 0. The van der Waals surface area contributed by atoms with Crippen LogP contribution in [0.1, 0.15) is 41.5 Å². The third kappa shape index (κ3) is 5.37. The number of esters is 2. The third-order valence-corrected chi connectivity index (χ3v) is 5.88. The smallest absolute Gasteiger partial charge is 0.417 e. The van der Waals surface area contributed by atoms with Gasteiger partial charge in [0.1, 0.15) is 0 Å². The molecule has 2 rings (SSSR count). The molecule has 0 aromatic carbocycles. The summed E-state index contributed by atoms with van der Waals surface area (Å²) in [6, 6.07) is 0. The average Bonchev–Trinajstić information content (AvgIpc) is 3.10. The monoisotopic (exact) mass is 508 g/mol. The molecule has 34 heavy (non-hydrogen) atoms. The van der Waals surface area contributed by atoms with E-state index in [2.05, 4.69) is 18.9 Å². The van der Waals surface area contributed by atoms with Crippen LogP contribution in [-0.4, -0.2) is 72.5 Å². The summed E-state index contributed by atoms with van der Waals surface area (Å²) in [6.45, 7) is 6.63. The summed E-state index contributed by atoms with van der Waals surface area (Å²) in [6.07, 6.45) is -13.0. The molecular weight excluding hydrogens is 482 g/mol. The fraction of sp³-hybridized carbons (Fsp3) is 0.800. The molecule has 6 atom stereocenters. The standard InChI is InChI=1S/2C10H13F3O4/c2*1-4-16-8(15)7-6(14)5(2)9(3,17-7)10(11,12)13/h2*5,7H,4H2,1-3H3/t2*5-,7-,9?/m10/s1. The molecule has 0 aliphatic carbocycles. The van der Waals surface area contributed by atoms with Crippen LogP contribution in [0.3, 0.4) is 0 Å². The van der Waals surface area contributed by atoms with Crippen molar-refractivity contribution < 1.29 is 64.5 Å². The average molecular weight is 508 g/mol. The van der Waals surface area contributed by atoms with Gasteiger partial charge in [0.25, 0.3) is 0 Å². The van der Waals surface area contributed by atoms with Gasteiger partial charge in [-0.3, -0.25) is 9.59 Å². The molecule has 0 bridgehead atoms. The van der Waals surface area contributed by atoms with E-state index in [1.54, 1.807) is 0 Å². The number of hydrogen-bond acceptors (Lipinski definition) is 8. The Morgan fingerprint density at radius 1 is 0.765 bits per heavy atom. The van der Waals surface area contributed by atoms with Crippen molar-refractivity contribution in [1.29, 1.82) is 0 Å². The molecule has 0 aromatic rings. The van der Waals surface area contributed by atoms with Gasteiger partial charge in [-0.2, -0.15) is 26.3 Å². The lowest BCUT2D eigenvalue weighted by Gasteiger charge is -2.29. The largest absolute Gasteiger partial charge is 0.464 e. The van der Waals surface area contributed by atoms with E-state index < -0.39 is 71.1 Å². The second-order valence-corrected chi connectivity index (χ2v) is 7.96. The number of carbonyl (C=O) groups is 4. The number of Topliss-reactive ketones (excluding diaryl/α,β-unsaturated/α-hetero) is 2. The summed E-state index contributed by atoms with van der Waals surface area (Å²) in [5.41, 5.74) is -5.27. The van der Waals surface area contributed by atoms with Crippen molar-refractivity contribution in [1.82, 2.24) is 0 Å². The minimum Gasteiger partial charge on any atom is -0.464 e. The zero-order valence-corrected chi connectivity index (χ0v) is 19.3. The molecule has 2 saturated heterocycles. The van der Waals surface area contributed by atoms with Crippen LogP contribution in [0, 0.1) is 11.8 Å². The van der Waals surface area contributed by atoms with Crippen LogP contribution in [-0.2, 0) is 38.1 Å². The van der Waals surface area contributed by atoms with Gasteiger partial charge in [-0.25, -0.2) is 9.59 Å². The Balaban J connectivity index is 0.000000340. The first-order valence-corrected chi connectivity index (χ1v) is 10.2. The minimum atomic E-state index is -4.72. The Hall–Kier alpha value is -2.22. The lowest BCUT2D eigenvalue weighted by molar-refractivity contribution is -0.274. The second kappa shape index (κ2) is 10.2. The van der Waals surface area contributed by atoms with Gasteiger partial charge in [0.15, 0.2) is 22.8 Å². The predicted octanol–water partition coefficient (Wildman–Crippen LogP) is 2.95. The highest BCUT2D eigenvalue weighted by atomic mass is 19.4. The van der Waals surface area contributed by atoms with Crippen LogP contribution >= 0.6 is 0 Å². The molecular formula is C20H26F6O8. The van der Waals surface area contributed by atoms with Gasteiger partial charge in [-0.1, -0.05) is 13.8 Å². The lowest BCUT2D eigenvalue weighted by Crippen LogP contribution is -2.47. The summed E-state index contributed by atoms with van der Waals surface area (Å²) >= 11 is 0. The minimum absolute atomic E-state index is 0.0247. The Labute approximate surface area is 191 Å². The van der Waals surface area contributed by atoms with Crippen LogP contribution in [0.2, 0.25) is 0 Å². The van der Waals surface area contributed by atoms with Crippen molar-refractivity contribution in [2.75, 3.05) is 13.2 Å². The van der Waals surface area contributed by atoms with Crippen molar-refractivity contribution >= 4 is 23.5 Å². The maximum absolute atomic E-state index is 12.8. The zero-order chi connectivity index (χ0) is 26.9. The molecule has 0 N–H and O–H groups in total. The van der Waals surface area contributed by atoms with Crippen molar-refractivity contribution in [3.63, 3.8) is 0 Å². The van der Waals surface area contributed by atoms with Gasteiger partial charge in [-0.15, -0.1) is 0 Å². The lowest BCUT2D eigenvalue weighted by atomic mass is 9.88. The van der Waals surface area contributed by atoms with Gasteiger partial charge < -0.3 is 18.9 Å². The number of carbonyl (C=O) groups excluding carboxylic acids is 4. The molecule has 0 radical (unpaired) electrons. The number of hydrogen-bond donors (Lipinski definition) is 0. The van der Waals surface area contributed by atoms with Gasteiger partial charge in [0.05, 0.1) is 25.0 Å². The summed E-state index contributed by atoms with van der Waals surface area (Å²) in [5, 5.41) is 0. The van der Waals surface area contributed by atoms with Crippen molar-refractivity contribution in [2.24, 2.45) is 11.8 Å². The Bertz CT molecular complexity index is 744. The number of alkyl halides is 6. The summed E-state index contributed by atoms with van der Waals surface area (Å²) < 4.78 is 94.8. The molecule has 2 heterocycles. The molecule has 0 saturated carbocycles. The number of halogens is 6. The highest BCUT2D eigenvalue weighted by Crippen LogP contribution is 2.46. The predicted molar refractivity (Wildman–Crippen MR) is 100 cm³/mol. The number of rotatable bonds is 4. The topological polar surface area (TPSA) is 105 Å². The van der Waals surface area contributed by atoms with Crippen LogP contribution < -0.4 is 0 Å². The molecule has 0 amide bonds. The molecule has 196 valence electrons. The Morgan fingerprint density at radius 2 is 1.03 bits per heavy atom. The summed E-state index contributed by atoms with van der Waals surface area (Å²) in [4.78, 5) is 45.7. The van der Waals surface area contributed by atoms with Gasteiger partial charge in [0, 0.05) is 0 Å². The van der Waals surface area contributed by atoms with E-state index in [9.17, 15) is 45.5 Å². The van der Waals surface area contributed by atoms with Gasteiger partial charge >= 0.3 is 24.3 Å². The quantitative estimate of drug-likeness (QED) is 0.324. The van der Waals surface area contributed by atoms with Crippen LogP contribution in [0.4, 0.5) is 26.3 Å². The van der Waals surface area contributed by atoms with Crippen LogP contribution in [0.5, 0.6) is 0 Å². The van der Waals surface area contributed by atoms with Crippen molar-refractivity contribution in [3.05, 3.63) is 0 Å². The number of ether oxygens (including phenoxy) is 4. The molecule has 8 nitrogen and oxygen atoms in total. The van der Waals surface area contributed by atoms with E-state index in [0.29, 0.717) is 0 Å².